The van der Waals surface area contributed by atoms with Gasteiger partial charge in [-0.2, -0.15) is 0 Å². The molecule has 0 aliphatic carbocycles. The van der Waals surface area contributed by atoms with Gasteiger partial charge >= 0.3 is 0 Å². The summed E-state index contributed by atoms with van der Waals surface area (Å²) in [4.78, 5) is 15.0. The molecule has 158 valence electrons. The van der Waals surface area contributed by atoms with E-state index < -0.39 is 0 Å². The number of aryl methyl sites for hydroxylation is 1. The average Bonchev–Trinajstić information content (AvgIpc) is 3.16. The van der Waals surface area contributed by atoms with Gasteiger partial charge in [-0.15, -0.1) is 0 Å². The van der Waals surface area contributed by atoms with Crippen LogP contribution in [0.1, 0.15) is 18.4 Å². The van der Waals surface area contributed by atoms with E-state index in [0.717, 1.165) is 64.9 Å². The third kappa shape index (κ3) is 3.89. The monoisotopic (exact) mass is 435 g/mol. The number of anilines is 1. The maximum absolute atomic E-state index is 14.3. The Balaban J connectivity index is 1.71. The molecule has 7 heteroatoms. The van der Waals surface area contributed by atoms with Crippen molar-refractivity contribution in [3.8, 4) is 22.5 Å². The zero-order valence-corrected chi connectivity index (χ0v) is 18.0. The van der Waals surface area contributed by atoms with Gasteiger partial charge in [0.15, 0.2) is 0 Å². The molecule has 0 spiro atoms. The third-order valence-corrected chi connectivity index (χ3v) is 6.06. The lowest BCUT2D eigenvalue weighted by molar-refractivity contribution is 0.501. The number of benzene rings is 2. The number of nitrogens with zero attached hydrogens (tertiary/aromatic N) is 3. The largest absolute Gasteiger partial charge is 0.370 e. The summed E-state index contributed by atoms with van der Waals surface area (Å²) in [5.41, 5.74) is 12.3. The Bertz CT molecular complexity index is 1240. The Hall–Kier alpha value is -2.96. The lowest BCUT2D eigenvalue weighted by atomic mass is 9.97. The molecule has 4 aromatic rings. The number of aromatic amines is 1. The predicted octanol–water partition coefficient (Wildman–Crippen LogP) is 5.32. The normalized spacial score (nSPS) is 15.0. The number of halogens is 2. The number of hydrogen-bond donors (Lipinski definition) is 2. The molecule has 2 aromatic carbocycles. The zero-order valence-electron chi connectivity index (χ0n) is 17.2. The molecule has 1 saturated heterocycles. The Morgan fingerprint density at radius 1 is 1.10 bits per heavy atom. The van der Waals surface area contributed by atoms with Crippen molar-refractivity contribution in [1.82, 2.24) is 15.0 Å². The lowest BCUT2D eigenvalue weighted by Gasteiger charge is -2.34. The SMILES string of the molecule is Cc1cc(F)cc(-c2cncc(-c3nc4ccc(Cl)cc4[nH]3)c2N2CCC(N)CC2)c1. The Morgan fingerprint density at radius 3 is 2.65 bits per heavy atom. The van der Waals surface area contributed by atoms with Gasteiger partial charge in [0.2, 0.25) is 0 Å². The van der Waals surface area contributed by atoms with Crippen molar-refractivity contribution < 1.29 is 4.39 Å². The fraction of sp³-hybridized carbons (Fsp3) is 0.250. The molecule has 5 nitrogen and oxygen atoms in total. The van der Waals surface area contributed by atoms with Crippen LogP contribution in [0.5, 0.6) is 0 Å². The fourth-order valence-electron chi connectivity index (χ4n) is 4.30. The summed E-state index contributed by atoms with van der Waals surface area (Å²) in [6.45, 7) is 3.55. The number of nitrogens with one attached hydrogen (secondary N) is 1. The molecular formula is C24H23ClFN5. The van der Waals surface area contributed by atoms with E-state index in [9.17, 15) is 4.39 Å². The number of pyridine rings is 1. The standard InChI is InChI=1S/C24H23ClFN5/c1-14-8-15(10-17(26)9-14)19-12-28-13-20(23(19)31-6-4-18(27)5-7-31)24-29-21-3-2-16(25)11-22(21)30-24/h2-3,8-13,18H,4-7,27H2,1H3,(H,29,30). The zero-order chi connectivity index (χ0) is 21.5. The van der Waals surface area contributed by atoms with Gasteiger partial charge in [0.05, 0.1) is 22.3 Å². The van der Waals surface area contributed by atoms with Gasteiger partial charge in [-0.3, -0.25) is 4.98 Å². The first-order valence-electron chi connectivity index (χ1n) is 10.4. The molecule has 0 atom stereocenters. The highest BCUT2D eigenvalue weighted by molar-refractivity contribution is 6.31. The molecule has 0 saturated carbocycles. The van der Waals surface area contributed by atoms with Crippen LogP contribution in [-0.2, 0) is 0 Å². The van der Waals surface area contributed by atoms with E-state index in [1.165, 1.54) is 6.07 Å². The number of fused-ring (bicyclic) bond motifs is 1. The molecule has 0 bridgehead atoms. The van der Waals surface area contributed by atoms with Gasteiger partial charge < -0.3 is 15.6 Å². The van der Waals surface area contributed by atoms with Crippen molar-refractivity contribution >= 4 is 28.3 Å². The number of imidazole rings is 1. The number of H-pyrrole nitrogens is 1. The molecular weight excluding hydrogens is 413 g/mol. The molecule has 1 aliphatic heterocycles. The van der Waals surface area contributed by atoms with E-state index in [2.05, 4.69) is 14.9 Å². The maximum atomic E-state index is 14.3. The van der Waals surface area contributed by atoms with Crippen molar-refractivity contribution in [3.63, 3.8) is 0 Å². The van der Waals surface area contributed by atoms with Crippen LogP contribution in [0.25, 0.3) is 33.5 Å². The summed E-state index contributed by atoms with van der Waals surface area (Å²) < 4.78 is 14.3. The van der Waals surface area contributed by atoms with E-state index in [1.54, 1.807) is 12.3 Å². The quantitative estimate of drug-likeness (QED) is 0.457. The first-order valence-corrected chi connectivity index (χ1v) is 10.8. The fourth-order valence-corrected chi connectivity index (χ4v) is 4.48. The van der Waals surface area contributed by atoms with E-state index >= 15 is 0 Å². The summed E-state index contributed by atoms with van der Waals surface area (Å²) in [7, 11) is 0. The van der Waals surface area contributed by atoms with Crippen LogP contribution in [-0.4, -0.2) is 34.1 Å². The predicted molar refractivity (Wildman–Crippen MR) is 124 cm³/mol. The summed E-state index contributed by atoms with van der Waals surface area (Å²) in [5.74, 6) is 0.454. The molecule has 2 aromatic heterocycles. The van der Waals surface area contributed by atoms with Gasteiger partial charge in [0, 0.05) is 42.1 Å². The smallest absolute Gasteiger partial charge is 0.142 e. The minimum atomic E-state index is -0.259. The van der Waals surface area contributed by atoms with Gasteiger partial charge in [-0.1, -0.05) is 17.7 Å². The van der Waals surface area contributed by atoms with Crippen LogP contribution < -0.4 is 10.6 Å². The molecule has 5 rings (SSSR count). The van der Waals surface area contributed by atoms with E-state index in [-0.39, 0.29) is 11.9 Å². The molecule has 1 aliphatic rings. The Labute approximate surface area is 185 Å². The number of rotatable bonds is 3. The van der Waals surface area contributed by atoms with E-state index in [4.69, 9.17) is 22.3 Å². The van der Waals surface area contributed by atoms with E-state index in [0.29, 0.717) is 10.8 Å². The van der Waals surface area contributed by atoms with Crippen LogP contribution in [0.2, 0.25) is 5.02 Å². The lowest BCUT2D eigenvalue weighted by Crippen LogP contribution is -2.40. The highest BCUT2D eigenvalue weighted by atomic mass is 35.5. The highest BCUT2D eigenvalue weighted by Gasteiger charge is 2.24. The number of aromatic nitrogens is 3. The van der Waals surface area contributed by atoms with Crippen molar-refractivity contribution in [2.75, 3.05) is 18.0 Å². The minimum absolute atomic E-state index is 0.203. The Morgan fingerprint density at radius 2 is 1.87 bits per heavy atom. The number of nitrogens with two attached hydrogens (primary N) is 1. The van der Waals surface area contributed by atoms with Gasteiger partial charge in [0.25, 0.3) is 0 Å². The van der Waals surface area contributed by atoms with Crippen LogP contribution >= 0.6 is 11.6 Å². The molecule has 3 N–H and O–H groups in total. The molecule has 0 unspecified atom stereocenters. The molecule has 0 radical (unpaired) electrons. The van der Waals surface area contributed by atoms with Gasteiger partial charge in [0.1, 0.15) is 11.6 Å². The number of piperidine rings is 1. The van der Waals surface area contributed by atoms with E-state index in [1.807, 2.05) is 37.4 Å². The first kappa shape index (κ1) is 20.0. The van der Waals surface area contributed by atoms with Crippen molar-refractivity contribution in [2.24, 2.45) is 5.73 Å². The molecule has 3 heterocycles. The topological polar surface area (TPSA) is 70.8 Å². The van der Waals surface area contributed by atoms with Crippen molar-refractivity contribution in [2.45, 2.75) is 25.8 Å². The number of hydrogen-bond acceptors (Lipinski definition) is 4. The second-order valence-electron chi connectivity index (χ2n) is 8.17. The average molecular weight is 436 g/mol. The highest BCUT2D eigenvalue weighted by Crippen LogP contribution is 2.40. The van der Waals surface area contributed by atoms with Crippen LogP contribution in [0.4, 0.5) is 10.1 Å². The van der Waals surface area contributed by atoms with Crippen LogP contribution in [0.3, 0.4) is 0 Å². The summed E-state index contributed by atoms with van der Waals surface area (Å²) >= 11 is 6.16. The van der Waals surface area contributed by atoms with Crippen molar-refractivity contribution in [1.29, 1.82) is 0 Å². The van der Waals surface area contributed by atoms with Gasteiger partial charge in [-0.05, 0) is 61.2 Å². The van der Waals surface area contributed by atoms with Crippen molar-refractivity contribution in [3.05, 3.63) is 65.2 Å². The minimum Gasteiger partial charge on any atom is -0.370 e. The van der Waals surface area contributed by atoms with Gasteiger partial charge in [-0.25, -0.2) is 9.37 Å². The maximum Gasteiger partial charge on any atom is 0.142 e. The molecule has 0 amide bonds. The van der Waals surface area contributed by atoms with Crippen LogP contribution in [0.15, 0.2) is 48.8 Å². The second kappa shape index (κ2) is 7.94. The summed E-state index contributed by atoms with van der Waals surface area (Å²) in [6, 6.07) is 10.9. The summed E-state index contributed by atoms with van der Waals surface area (Å²) in [5, 5.41) is 0.648. The second-order valence-corrected chi connectivity index (χ2v) is 8.61. The molecule has 31 heavy (non-hydrogen) atoms. The third-order valence-electron chi connectivity index (χ3n) is 5.83. The Kier molecular flexibility index (Phi) is 5.12. The summed E-state index contributed by atoms with van der Waals surface area (Å²) in [6.07, 6.45) is 5.43. The van der Waals surface area contributed by atoms with Crippen LogP contribution in [0, 0.1) is 12.7 Å². The molecule has 1 fully saturated rings. The first-order chi connectivity index (χ1) is 15.0.